The fraction of sp³-hybridized carbons (Fsp3) is 0.829. The van der Waals surface area contributed by atoms with E-state index in [1.54, 1.807) is 11.1 Å². The van der Waals surface area contributed by atoms with E-state index in [2.05, 4.69) is 40.3 Å². The lowest BCUT2D eigenvalue weighted by Crippen LogP contribution is -2.46. The Bertz CT molecular complexity index is 1040. The summed E-state index contributed by atoms with van der Waals surface area (Å²) in [6, 6.07) is 0. The highest BCUT2D eigenvalue weighted by atomic mass is 16.5. The average molecular weight is 521 g/mol. The number of fused-ring (bicyclic) bond motifs is 6. The van der Waals surface area contributed by atoms with Crippen LogP contribution in [-0.4, -0.2) is 22.8 Å². The molecule has 4 saturated carbocycles. The van der Waals surface area contributed by atoms with Crippen LogP contribution in [0, 0.1) is 52.8 Å². The van der Waals surface area contributed by atoms with Crippen molar-refractivity contribution in [2.24, 2.45) is 52.8 Å². The van der Waals surface area contributed by atoms with Gasteiger partial charge in [-0.15, -0.1) is 6.58 Å². The predicted molar refractivity (Wildman–Crippen MR) is 153 cm³/mol. The lowest BCUT2D eigenvalue weighted by atomic mass is 9.52. The Morgan fingerprint density at radius 2 is 1.89 bits per heavy atom. The minimum atomic E-state index is -0.169. The quantitative estimate of drug-likeness (QED) is 0.352. The van der Waals surface area contributed by atoms with Gasteiger partial charge in [-0.2, -0.15) is 0 Å². The van der Waals surface area contributed by atoms with E-state index < -0.39 is 0 Å². The third-order valence-corrected chi connectivity index (χ3v) is 13.5. The molecule has 0 radical (unpaired) electrons. The van der Waals surface area contributed by atoms with Crippen LogP contribution < -0.4 is 0 Å². The Balaban J connectivity index is 1.31. The zero-order valence-electron chi connectivity index (χ0n) is 24.8. The van der Waals surface area contributed by atoms with Gasteiger partial charge in [-0.1, -0.05) is 38.0 Å². The highest BCUT2D eigenvalue weighted by molar-refractivity contribution is 5.79. The average Bonchev–Trinajstić information content (AvgIpc) is 3.22. The van der Waals surface area contributed by atoms with Crippen molar-refractivity contribution in [1.82, 2.24) is 0 Å². The van der Waals surface area contributed by atoms with E-state index in [0.717, 1.165) is 69.6 Å². The molecular formula is C35H52O3. The molecule has 210 valence electrons. The number of allylic oxidation sites excluding steroid dienone is 1. The number of ether oxygens (including phenoxy) is 1. The number of hydrogen-bond donors (Lipinski definition) is 0. The van der Waals surface area contributed by atoms with Gasteiger partial charge in [-0.25, -0.2) is 0 Å². The molecule has 0 N–H and O–H groups in total. The SMILES string of the molecule is C=CCC12C[C@H](C)CC(C(C)=O)C[C@H]1C(C)C1(CC[C@@H]3C(=C(C)C1)C[C@H]1C3CCC3CC(=O)CC[C@@]31C)O2. The molecule has 5 aliphatic carbocycles. The van der Waals surface area contributed by atoms with E-state index in [4.69, 9.17) is 4.74 Å². The van der Waals surface area contributed by atoms with Gasteiger partial charge >= 0.3 is 0 Å². The summed E-state index contributed by atoms with van der Waals surface area (Å²) in [6.45, 7) is 15.8. The van der Waals surface area contributed by atoms with Gasteiger partial charge in [0.2, 0.25) is 0 Å². The van der Waals surface area contributed by atoms with Crippen LogP contribution in [0.1, 0.15) is 118 Å². The molecule has 1 saturated heterocycles. The first kappa shape index (κ1) is 27.0. The molecule has 3 heteroatoms. The second kappa shape index (κ2) is 9.42. The molecule has 0 bridgehead atoms. The lowest BCUT2D eigenvalue weighted by molar-refractivity contribution is -0.132. The standard InChI is InChI=1S/C35H52O3/c1-7-12-35-19-21(2)15-25(24(5)36)16-31(35)23(4)34(38-35)14-11-28-29-9-8-26-17-27(37)10-13-33(26,6)32(29)18-30(28)22(3)20-34/h7,21,23,25-26,28-29,31-32H,1,8-20H2,2-6H3/t21-,23?,25?,26?,28+,29?,31+,32+,33+,34?,35?/m1/s1. The highest BCUT2D eigenvalue weighted by Gasteiger charge is 2.63. The molecule has 1 heterocycles. The smallest absolute Gasteiger partial charge is 0.133 e. The van der Waals surface area contributed by atoms with Crippen LogP contribution in [0.25, 0.3) is 0 Å². The van der Waals surface area contributed by atoms with Gasteiger partial charge in [0, 0.05) is 18.8 Å². The monoisotopic (exact) mass is 520 g/mol. The van der Waals surface area contributed by atoms with Crippen LogP contribution >= 0.6 is 0 Å². The maximum Gasteiger partial charge on any atom is 0.133 e. The first-order valence-corrected chi connectivity index (χ1v) is 16.0. The van der Waals surface area contributed by atoms with Crippen molar-refractivity contribution >= 4 is 11.6 Å². The van der Waals surface area contributed by atoms with Crippen LogP contribution in [0.4, 0.5) is 0 Å². The maximum absolute atomic E-state index is 12.7. The first-order valence-electron chi connectivity index (χ1n) is 16.0. The van der Waals surface area contributed by atoms with Crippen LogP contribution in [0.5, 0.6) is 0 Å². The van der Waals surface area contributed by atoms with Crippen LogP contribution in [0.2, 0.25) is 0 Å². The summed E-state index contributed by atoms with van der Waals surface area (Å²) in [5.74, 6) is 5.30. The molecule has 6 aliphatic rings. The lowest BCUT2D eigenvalue weighted by Gasteiger charge is -2.52. The summed E-state index contributed by atoms with van der Waals surface area (Å²) in [5.41, 5.74) is 3.46. The molecule has 1 aliphatic heterocycles. The number of ketones is 2. The Morgan fingerprint density at radius 3 is 2.63 bits per heavy atom. The number of hydrogen-bond acceptors (Lipinski definition) is 3. The maximum atomic E-state index is 12.7. The molecule has 0 amide bonds. The van der Waals surface area contributed by atoms with Crippen LogP contribution in [0.15, 0.2) is 23.8 Å². The Hall–Kier alpha value is -1.22. The Kier molecular flexibility index (Phi) is 6.69. The topological polar surface area (TPSA) is 43.4 Å². The fourth-order valence-corrected chi connectivity index (χ4v) is 11.6. The van der Waals surface area contributed by atoms with E-state index in [1.165, 1.54) is 25.7 Å². The van der Waals surface area contributed by atoms with E-state index in [9.17, 15) is 9.59 Å². The second-order valence-corrected chi connectivity index (χ2v) is 15.3. The van der Waals surface area contributed by atoms with Crippen LogP contribution in [0.3, 0.4) is 0 Å². The van der Waals surface area contributed by atoms with Gasteiger partial charge in [0.25, 0.3) is 0 Å². The summed E-state index contributed by atoms with van der Waals surface area (Å²) in [5, 5.41) is 0. The highest BCUT2D eigenvalue weighted by Crippen LogP contribution is 2.66. The Morgan fingerprint density at radius 1 is 1.11 bits per heavy atom. The summed E-state index contributed by atoms with van der Waals surface area (Å²) in [4.78, 5) is 25.0. The fourth-order valence-electron chi connectivity index (χ4n) is 11.6. The summed E-state index contributed by atoms with van der Waals surface area (Å²) >= 11 is 0. The molecule has 11 atom stereocenters. The molecule has 38 heavy (non-hydrogen) atoms. The minimum absolute atomic E-state index is 0.110. The molecule has 6 unspecified atom stereocenters. The van der Waals surface area contributed by atoms with Crippen molar-refractivity contribution in [2.75, 3.05) is 0 Å². The van der Waals surface area contributed by atoms with Gasteiger partial charge in [0.05, 0.1) is 11.2 Å². The first-order chi connectivity index (χ1) is 18.0. The number of rotatable bonds is 3. The van der Waals surface area contributed by atoms with E-state index in [1.807, 2.05) is 6.92 Å². The molecule has 0 aromatic carbocycles. The van der Waals surface area contributed by atoms with Gasteiger partial charge in [-0.05, 0) is 131 Å². The third kappa shape index (κ3) is 3.99. The number of carbonyl (C=O) groups excluding carboxylic acids is 2. The molecule has 5 fully saturated rings. The summed E-state index contributed by atoms with van der Waals surface area (Å²) < 4.78 is 7.53. The predicted octanol–water partition coefficient (Wildman–Crippen LogP) is 8.27. The summed E-state index contributed by atoms with van der Waals surface area (Å²) in [6.07, 6.45) is 16.1. The van der Waals surface area contributed by atoms with E-state index >= 15 is 0 Å². The number of Topliss-reactive ketones (excluding diaryl/α,β-unsaturated/α-hetero) is 2. The molecule has 0 aromatic rings. The van der Waals surface area contributed by atoms with Crippen molar-refractivity contribution < 1.29 is 14.3 Å². The third-order valence-electron chi connectivity index (χ3n) is 13.5. The Labute approximate surface area is 231 Å². The zero-order chi connectivity index (χ0) is 27.0. The van der Waals surface area contributed by atoms with E-state index in [0.29, 0.717) is 46.6 Å². The van der Waals surface area contributed by atoms with Gasteiger partial charge in [0.1, 0.15) is 11.6 Å². The van der Waals surface area contributed by atoms with Crippen LogP contribution in [-0.2, 0) is 14.3 Å². The van der Waals surface area contributed by atoms with Crippen molar-refractivity contribution in [2.45, 2.75) is 129 Å². The second-order valence-electron chi connectivity index (χ2n) is 15.3. The summed E-state index contributed by atoms with van der Waals surface area (Å²) in [7, 11) is 0. The van der Waals surface area contributed by atoms with Gasteiger partial charge < -0.3 is 4.74 Å². The molecule has 6 rings (SSSR count). The molecule has 1 spiro atoms. The zero-order valence-corrected chi connectivity index (χ0v) is 24.8. The molecule has 0 aromatic heterocycles. The van der Waals surface area contributed by atoms with Gasteiger partial charge in [-0.3, -0.25) is 9.59 Å². The largest absolute Gasteiger partial charge is 0.367 e. The molecule has 3 nitrogen and oxygen atoms in total. The minimum Gasteiger partial charge on any atom is -0.367 e. The van der Waals surface area contributed by atoms with Crippen molar-refractivity contribution in [3.8, 4) is 0 Å². The van der Waals surface area contributed by atoms with Crippen molar-refractivity contribution in [3.63, 3.8) is 0 Å². The van der Waals surface area contributed by atoms with Gasteiger partial charge in [0.15, 0.2) is 0 Å². The van der Waals surface area contributed by atoms with Crippen molar-refractivity contribution in [3.05, 3.63) is 23.8 Å². The molecular weight excluding hydrogens is 468 g/mol. The number of carbonyl (C=O) groups is 2. The van der Waals surface area contributed by atoms with Crippen molar-refractivity contribution in [1.29, 1.82) is 0 Å². The normalized spacial score (nSPS) is 50.5. The van der Waals surface area contributed by atoms with E-state index in [-0.39, 0.29) is 17.1 Å².